The number of hydrogen-bond donors (Lipinski definition) is 0. The molecular formula is C17H29NO3S. The Morgan fingerprint density at radius 1 is 1.23 bits per heavy atom. The Morgan fingerprint density at radius 3 is 2.41 bits per heavy atom. The molecule has 0 amide bonds. The van der Waals surface area contributed by atoms with Crippen LogP contribution in [0.5, 0.6) is 0 Å². The van der Waals surface area contributed by atoms with Gasteiger partial charge < -0.3 is 4.74 Å². The van der Waals surface area contributed by atoms with E-state index >= 15 is 0 Å². The molecule has 0 bridgehead atoms. The van der Waals surface area contributed by atoms with Gasteiger partial charge in [-0.3, -0.25) is 0 Å². The molecule has 1 aromatic carbocycles. The lowest BCUT2D eigenvalue weighted by Gasteiger charge is -2.31. The number of methoxy groups -OCH3 is 1. The SMILES string of the molecule is CCCC.COC1CCCN(S(=O)(=O)c2ccccc2C)C1. The number of ether oxygens (including phenoxy) is 1. The zero-order valence-electron chi connectivity index (χ0n) is 14.2. The number of unbranched alkanes of at least 4 members (excludes halogenated alkanes) is 1. The van der Waals surface area contributed by atoms with Crippen LogP contribution < -0.4 is 0 Å². The lowest BCUT2D eigenvalue weighted by atomic mass is 10.1. The molecule has 1 atom stereocenters. The molecule has 0 saturated carbocycles. The highest BCUT2D eigenvalue weighted by atomic mass is 32.2. The van der Waals surface area contributed by atoms with Crippen molar-refractivity contribution in [3.63, 3.8) is 0 Å². The first-order valence-corrected chi connectivity index (χ1v) is 9.49. The standard InChI is InChI=1S/C13H19NO3S.C4H10/c1-11-6-3-4-8-13(11)18(15,16)14-9-5-7-12(10-14)17-2;1-3-4-2/h3-4,6,8,12H,5,7,9-10H2,1-2H3;3-4H2,1-2H3. The highest BCUT2D eigenvalue weighted by molar-refractivity contribution is 7.89. The van der Waals surface area contributed by atoms with E-state index in [2.05, 4.69) is 13.8 Å². The number of piperidine rings is 1. The first kappa shape index (κ1) is 19.1. The van der Waals surface area contributed by atoms with Gasteiger partial charge in [0.15, 0.2) is 0 Å². The molecule has 1 fully saturated rings. The van der Waals surface area contributed by atoms with Gasteiger partial charge in [-0.2, -0.15) is 4.31 Å². The van der Waals surface area contributed by atoms with E-state index < -0.39 is 10.0 Å². The number of nitrogens with zero attached hydrogens (tertiary/aromatic N) is 1. The topological polar surface area (TPSA) is 46.6 Å². The van der Waals surface area contributed by atoms with Crippen molar-refractivity contribution >= 4 is 10.0 Å². The summed E-state index contributed by atoms with van der Waals surface area (Å²) in [6, 6.07) is 7.10. The maximum Gasteiger partial charge on any atom is 0.243 e. The van der Waals surface area contributed by atoms with Gasteiger partial charge in [0, 0.05) is 20.2 Å². The van der Waals surface area contributed by atoms with E-state index in [0.29, 0.717) is 18.0 Å². The van der Waals surface area contributed by atoms with Crippen LogP contribution in [0.2, 0.25) is 0 Å². The van der Waals surface area contributed by atoms with Crippen molar-refractivity contribution in [2.24, 2.45) is 0 Å². The van der Waals surface area contributed by atoms with Crippen molar-refractivity contribution in [1.82, 2.24) is 4.31 Å². The molecule has 0 radical (unpaired) electrons. The molecule has 0 N–H and O–H groups in total. The van der Waals surface area contributed by atoms with Gasteiger partial charge in [-0.25, -0.2) is 8.42 Å². The average molecular weight is 327 g/mol. The fourth-order valence-corrected chi connectivity index (χ4v) is 4.04. The fraction of sp³-hybridized carbons (Fsp3) is 0.647. The predicted octanol–water partition coefficient (Wildman–Crippen LogP) is 3.60. The van der Waals surface area contributed by atoms with Crippen molar-refractivity contribution in [3.8, 4) is 0 Å². The van der Waals surface area contributed by atoms with Crippen LogP contribution in [0.25, 0.3) is 0 Å². The minimum absolute atomic E-state index is 0.0116. The van der Waals surface area contributed by atoms with Crippen LogP contribution >= 0.6 is 0 Å². The van der Waals surface area contributed by atoms with Crippen molar-refractivity contribution in [3.05, 3.63) is 29.8 Å². The summed E-state index contributed by atoms with van der Waals surface area (Å²) in [7, 11) is -1.75. The zero-order valence-corrected chi connectivity index (χ0v) is 15.0. The third-order valence-electron chi connectivity index (χ3n) is 3.89. The summed E-state index contributed by atoms with van der Waals surface area (Å²) in [6.45, 7) is 7.22. The Morgan fingerprint density at radius 2 is 1.86 bits per heavy atom. The third kappa shape index (κ3) is 5.07. The molecule has 1 unspecified atom stereocenters. The van der Waals surface area contributed by atoms with E-state index in [9.17, 15) is 8.42 Å². The Kier molecular flexibility index (Phi) is 8.07. The van der Waals surface area contributed by atoms with Crippen LogP contribution in [-0.4, -0.2) is 39.0 Å². The van der Waals surface area contributed by atoms with E-state index in [1.807, 2.05) is 19.1 Å². The average Bonchev–Trinajstić information content (AvgIpc) is 2.55. The quantitative estimate of drug-likeness (QED) is 0.849. The molecule has 1 heterocycles. The summed E-state index contributed by atoms with van der Waals surface area (Å²) < 4.78 is 31.9. The highest BCUT2D eigenvalue weighted by Gasteiger charge is 2.30. The molecular weight excluding hydrogens is 298 g/mol. The fourth-order valence-electron chi connectivity index (χ4n) is 2.30. The minimum atomic E-state index is -3.38. The summed E-state index contributed by atoms with van der Waals surface area (Å²) in [5, 5.41) is 0. The van der Waals surface area contributed by atoms with Crippen LogP contribution in [0.15, 0.2) is 29.2 Å². The molecule has 1 aliphatic heterocycles. The van der Waals surface area contributed by atoms with Gasteiger partial charge in [-0.05, 0) is 31.4 Å². The molecule has 1 saturated heterocycles. The van der Waals surface area contributed by atoms with Crippen LogP contribution in [0.4, 0.5) is 0 Å². The molecule has 126 valence electrons. The number of hydrogen-bond acceptors (Lipinski definition) is 3. The summed E-state index contributed by atoms with van der Waals surface area (Å²) in [5.41, 5.74) is 0.789. The molecule has 1 aliphatic rings. The van der Waals surface area contributed by atoms with Gasteiger partial charge >= 0.3 is 0 Å². The monoisotopic (exact) mass is 327 g/mol. The Bertz CT molecular complexity index is 541. The number of sulfonamides is 1. The molecule has 22 heavy (non-hydrogen) atoms. The van der Waals surface area contributed by atoms with E-state index in [1.165, 1.54) is 17.1 Å². The Labute approximate surface area is 135 Å². The summed E-state index contributed by atoms with van der Waals surface area (Å²) in [4.78, 5) is 0.404. The molecule has 1 aromatic rings. The summed E-state index contributed by atoms with van der Waals surface area (Å²) >= 11 is 0. The first-order valence-electron chi connectivity index (χ1n) is 8.05. The van der Waals surface area contributed by atoms with Crippen molar-refractivity contribution < 1.29 is 13.2 Å². The molecule has 0 aromatic heterocycles. The van der Waals surface area contributed by atoms with Gasteiger partial charge in [0.05, 0.1) is 11.0 Å². The smallest absolute Gasteiger partial charge is 0.243 e. The van der Waals surface area contributed by atoms with Crippen LogP contribution in [-0.2, 0) is 14.8 Å². The van der Waals surface area contributed by atoms with Crippen LogP contribution in [0.1, 0.15) is 45.1 Å². The van der Waals surface area contributed by atoms with Gasteiger partial charge in [0.2, 0.25) is 10.0 Å². The number of aryl methyl sites for hydroxylation is 1. The maximum atomic E-state index is 12.5. The highest BCUT2D eigenvalue weighted by Crippen LogP contribution is 2.23. The van der Waals surface area contributed by atoms with E-state index in [1.54, 1.807) is 19.2 Å². The normalized spacial score (nSPS) is 19.4. The Hall–Kier alpha value is -0.910. The van der Waals surface area contributed by atoms with Crippen molar-refractivity contribution in [1.29, 1.82) is 0 Å². The van der Waals surface area contributed by atoms with E-state index in [0.717, 1.165) is 18.4 Å². The second kappa shape index (κ2) is 9.28. The van der Waals surface area contributed by atoms with Crippen molar-refractivity contribution in [2.75, 3.05) is 20.2 Å². The van der Waals surface area contributed by atoms with Gasteiger partial charge in [0.1, 0.15) is 0 Å². The zero-order chi connectivity index (χ0) is 16.6. The molecule has 5 heteroatoms. The molecule has 0 aliphatic carbocycles. The van der Waals surface area contributed by atoms with E-state index in [-0.39, 0.29) is 6.10 Å². The van der Waals surface area contributed by atoms with Gasteiger partial charge in [-0.15, -0.1) is 0 Å². The molecule has 0 spiro atoms. The van der Waals surface area contributed by atoms with Crippen LogP contribution in [0, 0.1) is 6.92 Å². The van der Waals surface area contributed by atoms with E-state index in [4.69, 9.17) is 4.74 Å². The first-order chi connectivity index (χ1) is 10.5. The second-order valence-corrected chi connectivity index (χ2v) is 7.53. The number of benzene rings is 1. The van der Waals surface area contributed by atoms with Crippen LogP contribution in [0.3, 0.4) is 0 Å². The number of rotatable bonds is 4. The maximum absolute atomic E-state index is 12.5. The molecule has 4 nitrogen and oxygen atoms in total. The summed E-state index contributed by atoms with van der Waals surface area (Å²) in [5.74, 6) is 0. The van der Waals surface area contributed by atoms with Gasteiger partial charge in [0.25, 0.3) is 0 Å². The second-order valence-electron chi connectivity index (χ2n) is 5.63. The van der Waals surface area contributed by atoms with Crippen molar-refractivity contribution in [2.45, 2.75) is 57.5 Å². The lowest BCUT2D eigenvalue weighted by Crippen LogP contribution is -2.42. The third-order valence-corrected chi connectivity index (χ3v) is 5.91. The Balaban J connectivity index is 0.000000541. The molecule has 2 rings (SSSR count). The predicted molar refractivity (Wildman–Crippen MR) is 90.6 cm³/mol. The largest absolute Gasteiger partial charge is 0.380 e. The van der Waals surface area contributed by atoms with Gasteiger partial charge in [-0.1, -0.05) is 44.9 Å². The summed E-state index contributed by atoms with van der Waals surface area (Å²) in [6.07, 6.45) is 4.43. The lowest BCUT2D eigenvalue weighted by molar-refractivity contribution is 0.0572. The minimum Gasteiger partial charge on any atom is -0.380 e.